The van der Waals surface area contributed by atoms with Crippen LogP contribution in [-0.4, -0.2) is 48.4 Å². The van der Waals surface area contributed by atoms with Gasteiger partial charge in [0.15, 0.2) is 0 Å². The van der Waals surface area contributed by atoms with E-state index in [0.29, 0.717) is 5.92 Å². The van der Waals surface area contributed by atoms with E-state index in [1.54, 1.807) is 0 Å². The summed E-state index contributed by atoms with van der Waals surface area (Å²) in [4.78, 5) is 5.04. The Morgan fingerprint density at radius 2 is 2.00 bits per heavy atom. The standard InChI is InChI=1S/C9H16N4/c1-9-4-12-2-7(8(9)11-10)3-13(5-9)6-12/h7H,2-6,10H2,1H3/b11-8-. The molecule has 13 heavy (non-hydrogen) atoms. The lowest BCUT2D eigenvalue weighted by Gasteiger charge is -2.58. The fourth-order valence-corrected chi connectivity index (χ4v) is 3.43. The second kappa shape index (κ2) is 2.25. The van der Waals surface area contributed by atoms with E-state index >= 15 is 0 Å². The number of hydrogen-bond donors (Lipinski definition) is 1. The summed E-state index contributed by atoms with van der Waals surface area (Å²) >= 11 is 0. The highest BCUT2D eigenvalue weighted by molar-refractivity contribution is 5.94. The van der Waals surface area contributed by atoms with Gasteiger partial charge in [0.05, 0.1) is 12.4 Å². The molecule has 4 fully saturated rings. The van der Waals surface area contributed by atoms with Gasteiger partial charge in [-0.3, -0.25) is 9.80 Å². The van der Waals surface area contributed by atoms with Crippen LogP contribution in [0.1, 0.15) is 6.92 Å². The third-order valence-corrected chi connectivity index (χ3v) is 3.65. The van der Waals surface area contributed by atoms with E-state index in [2.05, 4.69) is 21.8 Å². The van der Waals surface area contributed by atoms with Crippen LogP contribution in [0.15, 0.2) is 5.10 Å². The largest absolute Gasteiger partial charge is 0.323 e. The molecule has 0 saturated carbocycles. The van der Waals surface area contributed by atoms with Crippen LogP contribution in [0.4, 0.5) is 0 Å². The first-order valence-electron chi connectivity index (χ1n) is 4.94. The first-order valence-corrected chi connectivity index (χ1v) is 4.94. The van der Waals surface area contributed by atoms with E-state index in [1.807, 2.05) is 0 Å². The van der Waals surface area contributed by atoms with E-state index in [9.17, 15) is 0 Å². The maximum Gasteiger partial charge on any atom is 0.0516 e. The Hall–Kier alpha value is -0.610. The molecule has 0 radical (unpaired) electrons. The van der Waals surface area contributed by atoms with Gasteiger partial charge in [-0.25, -0.2) is 0 Å². The fraction of sp³-hybridized carbons (Fsp3) is 0.889. The summed E-state index contributed by atoms with van der Waals surface area (Å²) in [5, 5.41) is 4.02. The minimum absolute atomic E-state index is 0.244. The first kappa shape index (κ1) is 7.76. The van der Waals surface area contributed by atoms with Crippen LogP contribution >= 0.6 is 0 Å². The van der Waals surface area contributed by atoms with E-state index < -0.39 is 0 Å². The quantitative estimate of drug-likeness (QED) is 0.405. The third-order valence-electron chi connectivity index (χ3n) is 3.65. The topological polar surface area (TPSA) is 44.9 Å². The average molecular weight is 180 g/mol. The van der Waals surface area contributed by atoms with Crippen molar-refractivity contribution in [1.29, 1.82) is 0 Å². The zero-order valence-corrected chi connectivity index (χ0v) is 8.03. The highest BCUT2D eigenvalue weighted by Gasteiger charge is 2.51. The minimum atomic E-state index is 0.244. The number of piperidine rings is 2. The minimum Gasteiger partial charge on any atom is -0.323 e. The highest BCUT2D eigenvalue weighted by atomic mass is 15.4. The van der Waals surface area contributed by atoms with Crippen molar-refractivity contribution in [1.82, 2.24) is 9.80 Å². The second-order valence-corrected chi connectivity index (χ2v) is 4.94. The van der Waals surface area contributed by atoms with Gasteiger partial charge >= 0.3 is 0 Å². The predicted octanol–water partition coefficient (Wildman–Crippen LogP) is -0.474. The Morgan fingerprint density at radius 1 is 1.38 bits per heavy atom. The Kier molecular flexibility index (Phi) is 1.34. The molecule has 4 nitrogen and oxygen atoms in total. The van der Waals surface area contributed by atoms with Gasteiger partial charge in [-0.15, -0.1) is 0 Å². The van der Waals surface area contributed by atoms with Crippen LogP contribution in [0.2, 0.25) is 0 Å². The molecule has 0 amide bonds. The molecule has 4 saturated heterocycles. The molecule has 0 aromatic heterocycles. The molecular formula is C9H16N4. The predicted molar refractivity (Wildman–Crippen MR) is 51.2 cm³/mol. The summed E-state index contributed by atoms with van der Waals surface area (Å²) in [6, 6.07) is 0. The molecule has 2 N–H and O–H groups in total. The van der Waals surface area contributed by atoms with Crippen molar-refractivity contribution in [3.63, 3.8) is 0 Å². The number of nitrogens with two attached hydrogens (primary N) is 1. The number of hydrogen-bond acceptors (Lipinski definition) is 4. The molecule has 4 bridgehead atoms. The van der Waals surface area contributed by atoms with Crippen LogP contribution in [0.25, 0.3) is 0 Å². The van der Waals surface area contributed by atoms with Gasteiger partial charge in [0.25, 0.3) is 0 Å². The SMILES string of the molecule is CC12CN3CC(CN(C3)C1)/C2=N/N. The van der Waals surface area contributed by atoms with Crippen molar-refractivity contribution in [2.45, 2.75) is 6.92 Å². The third kappa shape index (κ3) is 0.901. The molecule has 4 aliphatic rings. The van der Waals surface area contributed by atoms with Crippen LogP contribution in [-0.2, 0) is 0 Å². The van der Waals surface area contributed by atoms with Gasteiger partial charge in [0.1, 0.15) is 0 Å². The molecule has 4 rings (SSSR count). The summed E-state index contributed by atoms with van der Waals surface area (Å²) in [5.41, 5.74) is 1.51. The van der Waals surface area contributed by atoms with E-state index in [0.717, 1.165) is 19.8 Å². The zero-order chi connectivity index (χ0) is 9.05. The van der Waals surface area contributed by atoms with Crippen LogP contribution in [0.3, 0.4) is 0 Å². The Balaban J connectivity index is 2.03. The van der Waals surface area contributed by atoms with E-state index in [1.165, 1.54) is 18.8 Å². The summed E-state index contributed by atoms with van der Waals surface area (Å²) in [6.07, 6.45) is 0. The lowest BCUT2D eigenvalue weighted by atomic mass is 9.70. The number of nitrogens with zero attached hydrogens (tertiary/aromatic N) is 3. The van der Waals surface area contributed by atoms with Crippen molar-refractivity contribution in [2.75, 3.05) is 32.8 Å². The molecule has 4 heteroatoms. The molecule has 0 aromatic rings. The molecule has 0 aromatic carbocycles. The maximum atomic E-state index is 5.49. The molecule has 4 aliphatic heterocycles. The lowest BCUT2D eigenvalue weighted by Crippen LogP contribution is -2.70. The smallest absolute Gasteiger partial charge is 0.0516 e. The summed E-state index contributed by atoms with van der Waals surface area (Å²) < 4.78 is 0. The number of hydrazone groups is 1. The second-order valence-electron chi connectivity index (χ2n) is 4.94. The highest BCUT2D eigenvalue weighted by Crippen LogP contribution is 2.39. The van der Waals surface area contributed by atoms with Crippen molar-refractivity contribution in [3.8, 4) is 0 Å². The van der Waals surface area contributed by atoms with Gasteiger partial charge < -0.3 is 5.84 Å². The molecule has 72 valence electrons. The molecule has 0 aliphatic carbocycles. The summed E-state index contributed by atoms with van der Waals surface area (Å²) in [6.45, 7) is 8.09. The molecule has 0 spiro atoms. The maximum absolute atomic E-state index is 5.49. The van der Waals surface area contributed by atoms with Crippen molar-refractivity contribution < 1.29 is 0 Å². The molecule has 2 unspecified atom stereocenters. The van der Waals surface area contributed by atoms with Gasteiger partial charge in [-0.1, -0.05) is 6.92 Å². The van der Waals surface area contributed by atoms with Crippen molar-refractivity contribution in [3.05, 3.63) is 0 Å². The van der Waals surface area contributed by atoms with Gasteiger partial charge in [0, 0.05) is 37.5 Å². The normalized spacial score (nSPS) is 56.1. The van der Waals surface area contributed by atoms with Crippen molar-refractivity contribution >= 4 is 5.71 Å². The molecule has 2 atom stereocenters. The van der Waals surface area contributed by atoms with Gasteiger partial charge in [-0.05, 0) is 0 Å². The van der Waals surface area contributed by atoms with Crippen LogP contribution < -0.4 is 5.84 Å². The Labute approximate surface area is 78.4 Å². The van der Waals surface area contributed by atoms with Crippen LogP contribution in [0, 0.1) is 11.3 Å². The average Bonchev–Trinajstić information content (AvgIpc) is 2.00. The van der Waals surface area contributed by atoms with Gasteiger partial charge in [-0.2, -0.15) is 5.10 Å². The Morgan fingerprint density at radius 3 is 2.46 bits per heavy atom. The molecule has 4 heterocycles. The monoisotopic (exact) mass is 180 g/mol. The Bertz CT molecular complexity index is 259. The summed E-state index contributed by atoms with van der Waals surface area (Å²) in [5.74, 6) is 6.09. The lowest BCUT2D eigenvalue weighted by molar-refractivity contribution is -0.0433. The fourth-order valence-electron chi connectivity index (χ4n) is 3.43. The van der Waals surface area contributed by atoms with Gasteiger partial charge in [0.2, 0.25) is 0 Å². The van der Waals surface area contributed by atoms with Crippen LogP contribution in [0.5, 0.6) is 0 Å². The molecular weight excluding hydrogens is 164 g/mol. The number of rotatable bonds is 0. The van der Waals surface area contributed by atoms with E-state index in [4.69, 9.17) is 5.84 Å². The van der Waals surface area contributed by atoms with Crippen molar-refractivity contribution in [2.24, 2.45) is 22.3 Å². The first-order chi connectivity index (χ1) is 6.21. The van der Waals surface area contributed by atoms with E-state index in [-0.39, 0.29) is 5.41 Å². The summed E-state index contributed by atoms with van der Waals surface area (Å²) in [7, 11) is 0. The zero-order valence-electron chi connectivity index (χ0n) is 8.03.